The third-order valence-corrected chi connectivity index (χ3v) is 3.58. The van der Waals surface area contributed by atoms with E-state index in [0.717, 1.165) is 18.7 Å². The van der Waals surface area contributed by atoms with Crippen LogP contribution in [-0.4, -0.2) is 45.7 Å². The Kier molecular flexibility index (Phi) is 3.94. The molecule has 0 N–H and O–H groups in total. The summed E-state index contributed by atoms with van der Waals surface area (Å²) in [5.74, 6) is 0. The molecule has 110 valence electrons. The lowest BCUT2D eigenvalue weighted by Gasteiger charge is -2.35. The molecule has 0 spiro atoms. The molecule has 1 aromatic carbocycles. The Labute approximate surface area is 121 Å². The van der Waals surface area contributed by atoms with Crippen LogP contribution in [0.25, 0.3) is 0 Å². The van der Waals surface area contributed by atoms with Gasteiger partial charge in [0.05, 0.1) is 24.5 Å². The molecule has 0 radical (unpaired) electrons. The van der Waals surface area contributed by atoms with Gasteiger partial charge in [0, 0.05) is 37.6 Å². The van der Waals surface area contributed by atoms with Gasteiger partial charge >= 0.3 is 0 Å². The van der Waals surface area contributed by atoms with Gasteiger partial charge in [-0.3, -0.25) is 15.0 Å². The minimum absolute atomic E-state index is 0.101. The molecule has 1 aromatic heterocycles. The molecular weight excluding hydrogens is 272 g/mol. The van der Waals surface area contributed by atoms with Crippen molar-refractivity contribution < 1.29 is 9.66 Å². The summed E-state index contributed by atoms with van der Waals surface area (Å²) in [4.78, 5) is 17.0. The number of ether oxygens (including phenoxy) is 1. The van der Waals surface area contributed by atoms with Crippen molar-refractivity contribution in [2.75, 3.05) is 26.3 Å². The van der Waals surface area contributed by atoms with Crippen LogP contribution in [0.1, 0.15) is 11.7 Å². The first-order chi connectivity index (χ1) is 10.3. The van der Waals surface area contributed by atoms with Gasteiger partial charge in [0.15, 0.2) is 0 Å². The van der Waals surface area contributed by atoms with Gasteiger partial charge in [0.1, 0.15) is 6.17 Å². The number of rotatable bonds is 4. The van der Waals surface area contributed by atoms with Gasteiger partial charge in [-0.15, -0.1) is 0 Å². The summed E-state index contributed by atoms with van der Waals surface area (Å²) >= 11 is 0. The van der Waals surface area contributed by atoms with Crippen molar-refractivity contribution in [3.63, 3.8) is 0 Å². The first-order valence-corrected chi connectivity index (χ1v) is 6.79. The maximum atomic E-state index is 11.0. The van der Waals surface area contributed by atoms with E-state index < -0.39 is 0 Å². The van der Waals surface area contributed by atoms with Gasteiger partial charge in [0.2, 0.25) is 0 Å². The number of hydrogen-bond acceptors (Lipinski definition) is 5. The van der Waals surface area contributed by atoms with E-state index in [2.05, 4.69) is 9.88 Å². The lowest BCUT2D eigenvalue weighted by atomic mass is 10.1. The van der Waals surface area contributed by atoms with Crippen molar-refractivity contribution in [1.82, 2.24) is 14.5 Å². The number of nitro benzene ring substituents is 1. The van der Waals surface area contributed by atoms with Gasteiger partial charge < -0.3 is 9.30 Å². The number of hydrogen-bond donors (Lipinski definition) is 0. The predicted molar refractivity (Wildman–Crippen MR) is 75.9 cm³/mol. The molecule has 1 fully saturated rings. The maximum Gasteiger partial charge on any atom is 0.269 e. The fraction of sp³-hybridized carbons (Fsp3) is 0.357. The maximum absolute atomic E-state index is 11.0. The Balaban J connectivity index is 1.98. The highest BCUT2D eigenvalue weighted by Crippen LogP contribution is 2.26. The molecule has 7 heteroatoms. The minimum Gasteiger partial charge on any atom is -0.379 e. The fourth-order valence-corrected chi connectivity index (χ4v) is 2.61. The SMILES string of the molecule is O=[N+]([O-])c1cccc([C@H](N2CCOCC2)n2ccnc2)c1. The highest BCUT2D eigenvalue weighted by atomic mass is 16.6. The van der Waals surface area contributed by atoms with Crippen LogP contribution < -0.4 is 0 Å². The molecule has 0 saturated carbocycles. The molecule has 21 heavy (non-hydrogen) atoms. The molecule has 0 amide bonds. The molecule has 2 aromatic rings. The van der Waals surface area contributed by atoms with Crippen LogP contribution in [0, 0.1) is 10.1 Å². The van der Waals surface area contributed by atoms with Crippen molar-refractivity contribution in [1.29, 1.82) is 0 Å². The molecular formula is C14H16N4O3. The van der Waals surface area contributed by atoms with E-state index in [9.17, 15) is 10.1 Å². The number of imidazole rings is 1. The van der Waals surface area contributed by atoms with Crippen LogP contribution in [0.3, 0.4) is 0 Å². The van der Waals surface area contributed by atoms with Crippen LogP contribution in [0.2, 0.25) is 0 Å². The van der Waals surface area contributed by atoms with E-state index in [-0.39, 0.29) is 16.8 Å². The van der Waals surface area contributed by atoms with Crippen molar-refractivity contribution >= 4 is 5.69 Å². The highest BCUT2D eigenvalue weighted by Gasteiger charge is 2.25. The van der Waals surface area contributed by atoms with Gasteiger partial charge in [-0.2, -0.15) is 0 Å². The Morgan fingerprint density at radius 1 is 1.33 bits per heavy atom. The lowest BCUT2D eigenvalue weighted by molar-refractivity contribution is -0.385. The van der Waals surface area contributed by atoms with E-state index >= 15 is 0 Å². The zero-order valence-corrected chi connectivity index (χ0v) is 11.5. The molecule has 0 aliphatic carbocycles. The second-order valence-electron chi connectivity index (χ2n) is 4.88. The van der Waals surface area contributed by atoms with Gasteiger partial charge in [-0.25, -0.2) is 4.98 Å². The van der Waals surface area contributed by atoms with E-state index in [0.29, 0.717) is 13.2 Å². The largest absolute Gasteiger partial charge is 0.379 e. The summed E-state index contributed by atoms with van der Waals surface area (Å²) in [7, 11) is 0. The molecule has 0 unspecified atom stereocenters. The van der Waals surface area contributed by atoms with Crippen LogP contribution in [0.5, 0.6) is 0 Å². The number of non-ortho nitro benzene ring substituents is 1. The number of benzene rings is 1. The average Bonchev–Trinajstić information content (AvgIpc) is 3.03. The summed E-state index contributed by atoms with van der Waals surface area (Å²) in [5.41, 5.74) is 0.981. The van der Waals surface area contributed by atoms with Crippen molar-refractivity contribution in [3.8, 4) is 0 Å². The monoisotopic (exact) mass is 288 g/mol. The van der Waals surface area contributed by atoms with Crippen LogP contribution >= 0.6 is 0 Å². The average molecular weight is 288 g/mol. The van der Waals surface area contributed by atoms with E-state index in [4.69, 9.17) is 4.74 Å². The van der Waals surface area contributed by atoms with Gasteiger partial charge in [0.25, 0.3) is 5.69 Å². The number of aromatic nitrogens is 2. The third-order valence-electron chi connectivity index (χ3n) is 3.58. The fourth-order valence-electron chi connectivity index (χ4n) is 2.61. The van der Waals surface area contributed by atoms with E-state index in [1.165, 1.54) is 6.07 Å². The molecule has 1 aliphatic heterocycles. The molecule has 2 heterocycles. The normalized spacial score (nSPS) is 17.5. The van der Waals surface area contributed by atoms with Crippen LogP contribution in [0.15, 0.2) is 43.0 Å². The summed E-state index contributed by atoms with van der Waals surface area (Å²) in [6.45, 7) is 2.90. The molecule has 1 saturated heterocycles. The molecule has 3 rings (SSSR count). The molecule has 1 aliphatic rings. The second kappa shape index (κ2) is 6.02. The summed E-state index contributed by atoms with van der Waals surface area (Å²) < 4.78 is 7.35. The topological polar surface area (TPSA) is 73.4 Å². The quantitative estimate of drug-likeness (QED) is 0.632. The van der Waals surface area contributed by atoms with E-state index in [1.807, 2.05) is 16.8 Å². The smallest absolute Gasteiger partial charge is 0.269 e. The standard InChI is InChI=1S/C14H16N4O3/c19-18(20)13-3-1-2-12(10-13)14(17-5-4-15-11-17)16-6-8-21-9-7-16/h1-5,10-11,14H,6-9H2/t14-/m1/s1. The van der Waals surface area contributed by atoms with Crippen LogP contribution in [-0.2, 0) is 4.74 Å². The zero-order valence-electron chi connectivity index (χ0n) is 11.5. The number of nitrogens with zero attached hydrogens (tertiary/aromatic N) is 4. The Bertz CT molecular complexity index is 608. The highest BCUT2D eigenvalue weighted by molar-refractivity contribution is 5.36. The minimum atomic E-state index is -0.367. The van der Waals surface area contributed by atoms with Gasteiger partial charge in [-0.05, 0) is 5.56 Å². The Hall–Kier alpha value is -2.25. The first-order valence-electron chi connectivity index (χ1n) is 6.79. The van der Waals surface area contributed by atoms with Crippen molar-refractivity contribution in [2.24, 2.45) is 0 Å². The first kappa shape index (κ1) is 13.7. The van der Waals surface area contributed by atoms with Crippen LogP contribution in [0.4, 0.5) is 5.69 Å². The molecule has 7 nitrogen and oxygen atoms in total. The zero-order chi connectivity index (χ0) is 14.7. The second-order valence-corrected chi connectivity index (χ2v) is 4.88. The number of nitro groups is 1. The Morgan fingerprint density at radius 3 is 2.81 bits per heavy atom. The van der Waals surface area contributed by atoms with E-state index in [1.54, 1.807) is 24.7 Å². The van der Waals surface area contributed by atoms with Crippen molar-refractivity contribution in [3.05, 3.63) is 58.7 Å². The summed E-state index contributed by atoms with van der Waals surface area (Å²) in [5, 5.41) is 11.0. The van der Waals surface area contributed by atoms with Crippen molar-refractivity contribution in [2.45, 2.75) is 6.17 Å². The summed E-state index contributed by atoms with van der Waals surface area (Å²) in [6, 6.07) is 6.76. The molecule has 1 atom stereocenters. The predicted octanol–water partition coefficient (Wildman–Crippen LogP) is 1.67. The molecule has 0 bridgehead atoms. The van der Waals surface area contributed by atoms with Gasteiger partial charge in [-0.1, -0.05) is 12.1 Å². The summed E-state index contributed by atoms with van der Waals surface area (Å²) in [6.07, 6.45) is 5.22. The Morgan fingerprint density at radius 2 is 2.14 bits per heavy atom. The third kappa shape index (κ3) is 2.93. The lowest BCUT2D eigenvalue weighted by Crippen LogP contribution is -2.41. The number of morpholine rings is 1.